The zero-order chi connectivity index (χ0) is 27.2. The van der Waals surface area contributed by atoms with E-state index in [2.05, 4.69) is 89.9 Å². The van der Waals surface area contributed by atoms with Gasteiger partial charge in [0.25, 0.3) is 0 Å². The molecule has 0 aliphatic heterocycles. The van der Waals surface area contributed by atoms with Crippen LogP contribution >= 0.6 is 0 Å². The second-order valence-corrected chi connectivity index (χ2v) is 10.3. The van der Waals surface area contributed by atoms with Gasteiger partial charge < -0.3 is 5.32 Å². The van der Waals surface area contributed by atoms with Crippen molar-refractivity contribution in [3.63, 3.8) is 0 Å². The lowest BCUT2D eigenvalue weighted by Crippen LogP contribution is -2.00. The minimum Gasteiger partial charge on any atom is -0.325 e. The zero-order valence-corrected chi connectivity index (χ0v) is 22.5. The summed E-state index contributed by atoms with van der Waals surface area (Å²) in [7, 11) is 1.88. The third-order valence-electron chi connectivity index (χ3n) is 7.28. The minimum absolute atomic E-state index is 0.348. The second kappa shape index (κ2) is 9.54. The van der Waals surface area contributed by atoms with Crippen LogP contribution in [0.1, 0.15) is 25.3 Å². The number of fused-ring (bicyclic) bond motifs is 3. The van der Waals surface area contributed by atoms with E-state index in [0.717, 1.165) is 55.1 Å². The molecule has 40 heavy (non-hydrogen) atoms. The Balaban J connectivity index is 1.34. The predicted molar refractivity (Wildman–Crippen MR) is 162 cm³/mol. The summed E-state index contributed by atoms with van der Waals surface area (Å²) in [5.41, 5.74) is 6.41. The molecule has 7 aromatic rings. The number of hydrogen-bond donors (Lipinski definition) is 1. The highest BCUT2D eigenvalue weighted by Crippen LogP contribution is 2.38. The molecule has 0 radical (unpaired) electrons. The van der Waals surface area contributed by atoms with Gasteiger partial charge in [-0.3, -0.25) is 4.68 Å². The van der Waals surface area contributed by atoms with E-state index in [1.807, 2.05) is 31.6 Å². The van der Waals surface area contributed by atoms with Gasteiger partial charge in [-0.1, -0.05) is 56.3 Å². The molecular formula is C33H27N7. The van der Waals surface area contributed by atoms with Gasteiger partial charge >= 0.3 is 0 Å². The number of para-hydroxylation sites is 1. The quantitative estimate of drug-likeness (QED) is 0.234. The van der Waals surface area contributed by atoms with Crippen molar-refractivity contribution >= 4 is 44.2 Å². The lowest BCUT2D eigenvalue weighted by molar-refractivity contribution is 0.768. The number of aryl methyl sites for hydroxylation is 1. The fourth-order valence-electron chi connectivity index (χ4n) is 5.34. The van der Waals surface area contributed by atoms with Crippen LogP contribution in [0.2, 0.25) is 0 Å². The Morgan fingerprint density at radius 3 is 2.42 bits per heavy atom. The molecule has 1 N–H and O–H groups in total. The number of anilines is 2. The summed E-state index contributed by atoms with van der Waals surface area (Å²) in [6.45, 7) is 4.45. The number of benzene rings is 3. The Bertz CT molecular complexity index is 2040. The minimum atomic E-state index is 0.348. The fraction of sp³-hybridized carbons (Fsp3) is 0.121. The highest BCUT2D eigenvalue weighted by atomic mass is 15.2. The molecule has 4 aromatic heterocycles. The topological polar surface area (TPSA) is 81.4 Å². The van der Waals surface area contributed by atoms with Crippen molar-refractivity contribution in [1.82, 2.24) is 29.7 Å². The van der Waals surface area contributed by atoms with E-state index in [4.69, 9.17) is 15.0 Å². The fourth-order valence-corrected chi connectivity index (χ4v) is 5.34. The Labute approximate surface area is 231 Å². The molecule has 0 bridgehead atoms. The van der Waals surface area contributed by atoms with Gasteiger partial charge in [0.05, 0.1) is 22.8 Å². The van der Waals surface area contributed by atoms with E-state index in [1.54, 1.807) is 17.1 Å². The molecule has 0 unspecified atom stereocenters. The SMILES string of the molecule is CC(C)c1ccc(-c2cccc3nc4ccccc4cc23)c2cnc(Nc3ccnc(-c4cnn(C)c4)n3)cc12. The maximum atomic E-state index is 4.94. The Morgan fingerprint density at radius 1 is 0.725 bits per heavy atom. The molecule has 194 valence electrons. The van der Waals surface area contributed by atoms with E-state index in [9.17, 15) is 0 Å². The molecule has 7 heteroatoms. The summed E-state index contributed by atoms with van der Waals surface area (Å²) in [6, 6.07) is 25.3. The maximum absolute atomic E-state index is 4.94. The van der Waals surface area contributed by atoms with Crippen molar-refractivity contribution in [2.24, 2.45) is 7.05 Å². The second-order valence-electron chi connectivity index (χ2n) is 10.3. The van der Waals surface area contributed by atoms with Crippen LogP contribution in [0, 0.1) is 0 Å². The van der Waals surface area contributed by atoms with Crippen LogP contribution in [0.15, 0.2) is 97.6 Å². The molecule has 4 heterocycles. The number of pyridine rings is 2. The molecule has 0 aliphatic rings. The van der Waals surface area contributed by atoms with E-state index in [0.29, 0.717) is 17.6 Å². The van der Waals surface area contributed by atoms with E-state index >= 15 is 0 Å². The number of aromatic nitrogens is 6. The summed E-state index contributed by atoms with van der Waals surface area (Å²) < 4.78 is 1.74. The first-order valence-electron chi connectivity index (χ1n) is 13.3. The van der Waals surface area contributed by atoms with Crippen molar-refractivity contribution < 1.29 is 0 Å². The van der Waals surface area contributed by atoms with Gasteiger partial charge in [-0.05, 0) is 58.3 Å². The molecule has 3 aromatic carbocycles. The van der Waals surface area contributed by atoms with Crippen LogP contribution in [0.25, 0.3) is 55.1 Å². The van der Waals surface area contributed by atoms with Crippen LogP contribution in [0.3, 0.4) is 0 Å². The smallest absolute Gasteiger partial charge is 0.164 e. The monoisotopic (exact) mass is 521 g/mol. The van der Waals surface area contributed by atoms with Crippen molar-refractivity contribution in [2.45, 2.75) is 19.8 Å². The first kappa shape index (κ1) is 23.9. The third kappa shape index (κ3) is 4.22. The Morgan fingerprint density at radius 2 is 1.57 bits per heavy atom. The standard InChI is InChI=1S/C33H27N7/c1-20(2)23-11-12-25(24-8-6-10-30-27(24)15-21-7-4-5-9-29(21)37-30)28-18-35-32(16-26(23)28)38-31-13-14-34-33(39-31)22-17-36-40(3)19-22/h4-20H,1-3H3,(H,34,35,38,39). The molecule has 0 spiro atoms. The van der Waals surface area contributed by atoms with Crippen molar-refractivity contribution in [3.8, 4) is 22.5 Å². The lowest BCUT2D eigenvalue weighted by atomic mass is 9.90. The van der Waals surface area contributed by atoms with Crippen LogP contribution in [-0.4, -0.2) is 29.7 Å². The Kier molecular flexibility index (Phi) is 5.70. The van der Waals surface area contributed by atoms with Gasteiger partial charge in [0, 0.05) is 41.8 Å². The van der Waals surface area contributed by atoms with Crippen molar-refractivity contribution in [1.29, 1.82) is 0 Å². The van der Waals surface area contributed by atoms with Crippen LogP contribution in [-0.2, 0) is 7.05 Å². The van der Waals surface area contributed by atoms with Gasteiger partial charge in [-0.15, -0.1) is 0 Å². The summed E-state index contributed by atoms with van der Waals surface area (Å²) in [5.74, 6) is 2.37. The largest absolute Gasteiger partial charge is 0.325 e. The van der Waals surface area contributed by atoms with Gasteiger partial charge in [-0.2, -0.15) is 5.10 Å². The summed E-state index contributed by atoms with van der Waals surface area (Å²) in [6.07, 6.45) is 7.37. The predicted octanol–water partition coefficient (Wildman–Crippen LogP) is 7.66. The number of hydrogen-bond acceptors (Lipinski definition) is 6. The van der Waals surface area contributed by atoms with E-state index in [1.165, 1.54) is 5.56 Å². The van der Waals surface area contributed by atoms with Crippen LogP contribution in [0.4, 0.5) is 11.6 Å². The number of nitrogens with zero attached hydrogens (tertiary/aromatic N) is 6. The van der Waals surface area contributed by atoms with Crippen LogP contribution in [0.5, 0.6) is 0 Å². The molecule has 0 amide bonds. The highest BCUT2D eigenvalue weighted by molar-refractivity contribution is 6.08. The molecule has 0 fully saturated rings. The van der Waals surface area contributed by atoms with E-state index in [-0.39, 0.29) is 0 Å². The zero-order valence-electron chi connectivity index (χ0n) is 22.5. The Hall–Kier alpha value is -5.17. The van der Waals surface area contributed by atoms with Gasteiger partial charge in [0.2, 0.25) is 0 Å². The maximum Gasteiger partial charge on any atom is 0.164 e. The average Bonchev–Trinajstić information content (AvgIpc) is 3.41. The highest BCUT2D eigenvalue weighted by Gasteiger charge is 2.15. The van der Waals surface area contributed by atoms with Crippen molar-refractivity contribution in [3.05, 3.63) is 103 Å². The normalized spacial score (nSPS) is 11.6. The molecule has 7 nitrogen and oxygen atoms in total. The third-order valence-corrected chi connectivity index (χ3v) is 7.28. The van der Waals surface area contributed by atoms with Crippen LogP contribution < -0.4 is 5.32 Å². The molecule has 0 atom stereocenters. The molecule has 0 aliphatic carbocycles. The molecular weight excluding hydrogens is 494 g/mol. The first-order valence-corrected chi connectivity index (χ1v) is 13.3. The molecule has 0 saturated carbocycles. The lowest BCUT2D eigenvalue weighted by Gasteiger charge is -2.16. The molecule has 7 rings (SSSR count). The van der Waals surface area contributed by atoms with Gasteiger partial charge in [-0.25, -0.2) is 19.9 Å². The van der Waals surface area contributed by atoms with Crippen molar-refractivity contribution in [2.75, 3.05) is 5.32 Å². The van der Waals surface area contributed by atoms with E-state index < -0.39 is 0 Å². The van der Waals surface area contributed by atoms with Gasteiger partial charge in [0.15, 0.2) is 5.82 Å². The summed E-state index contributed by atoms with van der Waals surface area (Å²) >= 11 is 0. The first-order chi connectivity index (χ1) is 19.5. The van der Waals surface area contributed by atoms with Gasteiger partial charge in [0.1, 0.15) is 11.6 Å². The summed E-state index contributed by atoms with van der Waals surface area (Å²) in [4.78, 5) is 18.9. The molecule has 0 saturated heterocycles. The summed E-state index contributed by atoms with van der Waals surface area (Å²) in [5, 5.41) is 12.2. The number of nitrogens with one attached hydrogen (secondary N) is 1. The average molecular weight is 522 g/mol. The number of rotatable bonds is 5.